The van der Waals surface area contributed by atoms with Gasteiger partial charge in [-0.3, -0.25) is 10.1 Å². The Bertz CT molecular complexity index is 429. The van der Waals surface area contributed by atoms with Gasteiger partial charge in [-0.25, -0.2) is 4.68 Å². The van der Waals surface area contributed by atoms with E-state index in [2.05, 4.69) is 18.9 Å². The van der Waals surface area contributed by atoms with Crippen molar-refractivity contribution in [1.82, 2.24) is 9.78 Å². The van der Waals surface area contributed by atoms with Crippen molar-refractivity contribution in [1.29, 1.82) is 0 Å². The number of rotatable bonds is 2. The first-order valence-electron chi connectivity index (χ1n) is 5.98. The normalized spacial score (nSPS) is 29.2. The lowest BCUT2D eigenvalue weighted by molar-refractivity contribution is -0.384. The lowest BCUT2D eigenvalue weighted by Crippen LogP contribution is -2.26. The Balaban J connectivity index is 2.25. The molecule has 0 spiro atoms. The van der Waals surface area contributed by atoms with E-state index in [0.29, 0.717) is 11.8 Å². The first-order chi connectivity index (χ1) is 8.00. The predicted octanol–water partition coefficient (Wildman–Crippen LogP) is 2.37. The maximum Gasteiger partial charge on any atom is 0.330 e. The van der Waals surface area contributed by atoms with E-state index in [1.54, 1.807) is 4.68 Å². The molecule has 0 bridgehead atoms. The highest BCUT2D eigenvalue weighted by Gasteiger charge is 2.30. The Hall–Kier alpha value is -1.59. The second kappa shape index (κ2) is 4.35. The largest absolute Gasteiger partial charge is 0.378 e. The molecule has 2 rings (SSSR count). The van der Waals surface area contributed by atoms with Crippen LogP contribution in [0.4, 0.5) is 11.5 Å². The maximum absolute atomic E-state index is 10.7. The first kappa shape index (κ1) is 11.9. The lowest BCUT2D eigenvalue weighted by atomic mass is 9.80. The predicted molar refractivity (Wildman–Crippen MR) is 64.5 cm³/mol. The monoisotopic (exact) mass is 238 g/mol. The zero-order chi connectivity index (χ0) is 12.6. The summed E-state index contributed by atoms with van der Waals surface area (Å²) in [6.45, 7) is 4.40. The standard InChI is InChI=1S/C11H18N4O2/c1-7-3-4-9(8(2)5-7)14-11(12)10(6-13-14)15(16)17/h6-9H,3-5,12H2,1-2H3. The van der Waals surface area contributed by atoms with Crippen LogP contribution in [0.15, 0.2) is 6.20 Å². The fraction of sp³-hybridized carbons (Fsp3) is 0.727. The van der Waals surface area contributed by atoms with Gasteiger partial charge in [-0.05, 0) is 31.1 Å². The average Bonchev–Trinajstić information content (AvgIpc) is 2.60. The molecule has 1 heterocycles. The van der Waals surface area contributed by atoms with E-state index in [9.17, 15) is 10.1 Å². The third-order valence-electron chi connectivity index (χ3n) is 3.71. The van der Waals surface area contributed by atoms with Crippen molar-refractivity contribution in [3.63, 3.8) is 0 Å². The van der Waals surface area contributed by atoms with Crippen molar-refractivity contribution in [3.8, 4) is 0 Å². The van der Waals surface area contributed by atoms with Crippen LogP contribution in [0.1, 0.15) is 39.2 Å². The lowest BCUT2D eigenvalue weighted by Gasteiger charge is -2.32. The molecule has 1 aromatic rings. The van der Waals surface area contributed by atoms with Gasteiger partial charge >= 0.3 is 5.69 Å². The van der Waals surface area contributed by atoms with Gasteiger partial charge in [-0.15, -0.1) is 0 Å². The third kappa shape index (κ3) is 2.11. The minimum absolute atomic E-state index is 0.0872. The van der Waals surface area contributed by atoms with E-state index >= 15 is 0 Å². The van der Waals surface area contributed by atoms with Crippen LogP contribution in [0.25, 0.3) is 0 Å². The van der Waals surface area contributed by atoms with Crippen molar-refractivity contribution in [3.05, 3.63) is 16.3 Å². The maximum atomic E-state index is 10.7. The number of nitrogens with two attached hydrogens (primary N) is 1. The van der Waals surface area contributed by atoms with Crippen molar-refractivity contribution < 1.29 is 4.92 Å². The third-order valence-corrected chi connectivity index (χ3v) is 3.71. The van der Waals surface area contributed by atoms with Crippen LogP contribution in [0.3, 0.4) is 0 Å². The fourth-order valence-corrected chi connectivity index (χ4v) is 2.78. The molecule has 0 saturated heterocycles. The second-order valence-electron chi connectivity index (χ2n) is 5.08. The molecule has 0 aliphatic heterocycles. The Labute approximate surface area is 99.9 Å². The molecule has 17 heavy (non-hydrogen) atoms. The van der Waals surface area contributed by atoms with Gasteiger partial charge in [0.05, 0.1) is 11.0 Å². The highest BCUT2D eigenvalue weighted by atomic mass is 16.6. The van der Waals surface area contributed by atoms with Gasteiger partial charge in [-0.2, -0.15) is 5.10 Å². The molecular weight excluding hydrogens is 220 g/mol. The quantitative estimate of drug-likeness (QED) is 0.633. The molecule has 1 saturated carbocycles. The van der Waals surface area contributed by atoms with Gasteiger partial charge < -0.3 is 5.73 Å². The average molecular weight is 238 g/mol. The number of nitrogens with zero attached hydrogens (tertiary/aromatic N) is 3. The van der Waals surface area contributed by atoms with Crippen molar-refractivity contribution in [2.45, 2.75) is 39.2 Å². The number of hydrogen-bond donors (Lipinski definition) is 1. The van der Waals surface area contributed by atoms with Crippen molar-refractivity contribution >= 4 is 11.5 Å². The SMILES string of the molecule is CC1CCC(n2ncc([N+](=O)[O-])c2N)C(C)C1. The minimum atomic E-state index is -0.477. The molecule has 1 aliphatic rings. The molecule has 0 amide bonds. The van der Waals surface area contributed by atoms with Crippen LogP contribution in [-0.4, -0.2) is 14.7 Å². The van der Waals surface area contributed by atoms with Crippen LogP contribution < -0.4 is 5.73 Å². The van der Waals surface area contributed by atoms with Crippen LogP contribution in [0.5, 0.6) is 0 Å². The summed E-state index contributed by atoms with van der Waals surface area (Å²) in [5.74, 6) is 1.36. The molecule has 0 aromatic carbocycles. The molecule has 1 aliphatic carbocycles. The van der Waals surface area contributed by atoms with E-state index in [0.717, 1.165) is 19.3 Å². The van der Waals surface area contributed by atoms with Gasteiger partial charge in [0.25, 0.3) is 0 Å². The number of anilines is 1. The summed E-state index contributed by atoms with van der Waals surface area (Å²) in [6, 6.07) is 0.194. The van der Waals surface area contributed by atoms with Gasteiger partial charge in [-0.1, -0.05) is 13.8 Å². The van der Waals surface area contributed by atoms with E-state index in [1.165, 1.54) is 6.20 Å². The fourth-order valence-electron chi connectivity index (χ4n) is 2.78. The van der Waals surface area contributed by atoms with E-state index in [-0.39, 0.29) is 17.5 Å². The van der Waals surface area contributed by atoms with Gasteiger partial charge in [0.2, 0.25) is 5.82 Å². The van der Waals surface area contributed by atoms with Crippen molar-refractivity contribution in [2.24, 2.45) is 11.8 Å². The molecule has 1 fully saturated rings. The van der Waals surface area contributed by atoms with E-state index in [1.807, 2.05) is 0 Å². The van der Waals surface area contributed by atoms with Crippen LogP contribution in [0.2, 0.25) is 0 Å². The Kier molecular flexibility index (Phi) is 3.04. The summed E-state index contributed by atoms with van der Waals surface area (Å²) in [6.07, 6.45) is 4.49. The summed E-state index contributed by atoms with van der Waals surface area (Å²) >= 11 is 0. The molecule has 1 aromatic heterocycles. The number of nitrogen functional groups attached to an aromatic ring is 1. The van der Waals surface area contributed by atoms with Gasteiger partial charge in [0.1, 0.15) is 6.20 Å². The Morgan fingerprint density at radius 1 is 1.53 bits per heavy atom. The molecular formula is C11H18N4O2. The number of nitro groups is 1. The van der Waals surface area contributed by atoms with Gasteiger partial charge in [0, 0.05) is 0 Å². The number of hydrogen-bond acceptors (Lipinski definition) is 4. The zero-order valence-electron chi connectivity index (χ0n) is 10.2. The molecule has 2 N–H and O–H groups in total. The molecule has 3 unspecified atom stereocenters. The van der Waals surface area contributed by atoms with Gasteiger partial charge in [0.15, 0.2) is 0 Å². The molecule has 6 nitrogen and oxygen atoms in total. The van der Waals surface area contributed by atoms with Crippen LogP contribution in [-0.2, 0) is 0 Å². The summed E-state index contributed by atoms with van der Waals surface area (Å²) in [7, 11) is 0. The van der Waals surface area contributed by atoms with Crippen LogP contribution >= 0.6 is 0 Å². The summed E-state index contributed by atoms with van der Waals surface area (Å²) in [5.41, 5.74) is 5.70. The minimum Gasteiger partial charge on any atom is -0.378 e. The highest BCUT2D eigenvalue weighted by Crippen LogP contribution is 2.38. The summed E-state index contributed by atoms with van der Waals surface area (Å²) in [5, 5.41) is 14.8. The summed E-state index contributed by atoms with van der Waals surface area (Å²) < 4.78 is 1.63. The Morgan fingerprint density at radius 2 is 2.24 bits per heavy atom. The van der Waals surface area contributed by atoms with Crippen molar-refractivity contribution in [2.75, 3.05) is 5.73 Å². The molecule has 6 heteroatoms. The second-order valence-corrected chi connectivity index (χ2v) is 5.08. The molecule has 3 atom stereocenters. The Morgan fingerprint density at radius 3 is 2.76 bits per heavy atom. The van der Waals surface area contributed by atoms with E-state index < -0.39 is 4.92 Å². The van der Waals surface area contributed by atoms with Crippen LogP contribution in [0, 0.1) is 22.0 Å². The highest BCUT2D eigenvalue weighted by molar-refractivity contribution is 5.51. The number of aromatic nitrogens is 2. The smallest absolute Gasteiger partial charge is 0.330 e. The molecule has 94 valence electrons. The first-order valence-corrected chi connectivity index (χ1v) is 5.98. The molecule has 0 radical (unpaired) electrons. The topological polar surface area (TPSA) is 87.0 Å². The van der Waals surface area contributed by atoms with E-state index in [4.69, 9.17) is 5.73 Å². The zero-order valence-corrected chi connectivity index (χ0v) is 10.2. The summed E-state index contributed by atoms with van der Waals surface area (Å²) in [4.78, 5) is 10.2.